The molecule has 0 radical (unpaired) electrons. The van der Waals surface area contributed by atoms with Crippen LogP contribution >= 0.6 is 0 Å². The number of carbonyl (C=O) groups excluding carboxylic acids is 1. The molecule has 3 heterocycles. The van der Waals surface area contributed by atoms with Crippen molar-refractivity contribution < 1.29 is 84.0 Å². The summed E-state index contributed by atoms with van der Waals surface area (Å²) in [5, 5.41) is 91.8. The Bertz CT molecular complexity index is 1380. The van der Waals surface area contributed by atoms with Gasteiger partial charge in [0.05, 0.1) is 31.0 Å². The molecule has 4 aliphatic rings. The van der Waals surface area contributed by atoms with Gasteiger partial charge in [-0.25, -0.2) is 9.59 Å². The Morgan fingerprint density at radius 1 is 0.833 bits per heavy atom. The molecular formula is C31H38O17. The fourth-order valence-corrected chi connectivity index (χ4v) is 5.95. The number of phenols is 1. The van der Waals surface area contributed by atoms with Crippen LogP contribution in [0, 0.1) is 11.8 Å². The second kappa shape index (κ2) is 15.4. The van der Waals surface area contributed by atoms with Crippen LogP contribution < -0.4 is 0 Å². The molecule has 0 saturated carbocycles. The van der Waals surface area contributed by atoms with E-state index in [0.29, 0.717) is 11.1 Å². The Labute approximate surface area is 273 Å². The third-order valence-electron chi connectivity index (χ3n) is 8.67. The molecule has 1 aromatic rings. The molecular weight excluding hydrogens is 644 g/mol. The van der Waals surface area contributed by atoms with E-state index in [0.717, 1.165) is 12.3 Å². The molecule has 2 saturated heterocycles. The van der Waals surface area contributed by atoms with Crippen molar-refractivity contribution in [2.75, 3.05) is 19.8 Å². The first-order chi connectivity index (χ1) is 22.9. The van der Waals surface area contributed by atoms with Gasteiger partial charge in [-0.05, 0) is 35.8 Å². The van der Waals surface area contributed by atoms with E-state index < -0.39 is 111 Å². The molecule has 1 aliphatic carbocycles. The molecule has 264 valence electrons. The summed E-state index contributed by atoms with van der Waals surface area (Å²) < 4.78 is 33.2. The molecule has 3 aliphatic heterocycles. The fourth-order valence-electron chi connectivity index (χ4n) is 5.95. The number of hydrogen-bond acceptors (Lipinski definition) is 16. The lowest BCUT2D eigenvalue weighted by atomic mass is 9.83. The lowest BCUT2D eigenvalue weighted by molar-refractivity contribution is -0.352. The molecule has 1 aromatic carbocycles. The third kappa shape index (κ3) is 7.72. The van der Waals surface area contributed by atoms with Gasteiger partial charge in [0.25, 0.3) is 0 Å². The van der Waals surface area contributed by atoms with Crippen LogP contribution in [0.3, 0.4) is 0 Å². The van der Waals surface area contributed by atoms with Gasteiger partial charge in [0.2, 0.25) is 6.29 Å². The van der Waals surface area contributed by atoms with Crippen LogP contribution in [0.5, 0.6) is 5.75 Å². The van der Waals surface area contributed by atoms with E-state index in [1.807, 2.05) is 0 Å². The van der Waals surface area contributed by atoms with Gasteiger partial charge in [-0.3, -0.25) is 0 Å². The molecule has 13 atom stereocenters. The number of ether oxygens (including phenoxy) is 6. The maximum atomic E-state index is 12.2. The lowest BCUT2D eigenvalue weighted by Crippen LogP contribution is -2.62. The number of carboxylic acid groups (broad SMARTS) is 1. The zero-order chi connectivity index (χ0) is 34.7. The van der Waals surface area contributed by atoms with Crippen LogP contribution in [-0.2, 0) is 38.0 Å². The molecule has 9 N–H and O–H groups in total. The maximum absolute atomic E-state index is 12.2. The summed E-state index contributed by atoms with van der Waals surface area (Å²) in [6.07, 6.45) is -12.5. The van der Waals surface area contributed by atoms with E-state index >= 15 is 0 Å². The van der Waals surface area contributed by atoms with E-state index in [-0.39, 0.29) is 17.7 Å². The minimum Gasteiger partial charge on any atom is -0.508 e. The first-order valence-corrected chi connectivity index (χ1v) is 15.1. The molecule has 0 amide bonds. The monoisotopic (exact) mass is 682 g/mol. The smallest absolute Gasteiger partial charge is 0.335 e. The van der Waals surface area contributed by atoms with Crippen LogP contribution in [0.25, 0.3) is 6.08 Å². The van der Waals surface area contributed by atoms with Gasteiger partial charge in [0, 0.05) is 12.0 Å². The highest BCUT2D eigenvalue weighted by molar-refractivity contribution is 5.87. The Balaban J connectivity index is 1.19. The average molecular weight is 683 g/mol. The van der Waals surface area contributed by atoms with Crippen molar-refractivity contribution in [3.8, 4) is 5.75 Å². The zero-order valence-electron chi connectivity index (χ0n) is 25.2. The van der Waals surface area contributed by atoms with E-state index in [1.54, 1.807) is 18.2 Å². The Kier molecular flexibility index (Phi) is 11.5. The first-order valence-electron chi connectivity index (χ1n) is 15.1. The van der Waals surface area contributed by atoms with Crippen molar-refractivity contribution in [2.24, 2.45) is 11.8 Å². The SMILES string of the molecule is O=C(/C=C/c1ccc(O)cc1)OC[C@H]1O[C@@H](OC[C@H]2O[C@@H](O[C@@H]3OC=C(C(=O)O)[C@H]4CC=C(CO)[C@@H]34)[C@H](O)[C@@H](O)[C@@H]2O)[C@H](O)[C@@H](O)[C@@H]1O. The number of aromatic hydroxyl groups is 1. The molecule has 5 rings (SSSR count). The highest BCUT2D eigenvalue weighted by Gasteiger charge is 2.51. The number of aliphatic carboxylic acids is 1. The number of esters is 1. The Hall–Kier alpha value is -3.46. The summed E-state index contributed by atoms with van der Waals surface area (Å²) >= 11 is 0. The molecule has 17 heteroatoms. The number of rotatable bonds is 11. The maximum Gasteiger partial charge on any atom is 0.335 e. The number of aliphatic hydroxyl groups excluding tert-OH is 7. The van der Waals surface area contributed by atoms with Crippen LogP contribution in [0.15, 0.2) is 53.8 Å². The predicted molar refractivity (Wildman–Crippen MR) is 156 cm³/mol. The number of carboxylic acids is 1. The molecule has 0 bridgehead atoms. The van der Waals surface area contributed by atoms with Gasteiger partial charge in [-0.15, -0.1) is 0 Å². The molecule has 0 unspecified atom stereocenters. The predicted octanol–water partition coefficient (Wildman–Crippen LogP) is -2.52. The lowest BCUT2D eigenvalue weighted by Gasteiger charge is -2.44. The normalized spacial score (nSPS) is 38.1. The number of phenolic OH excluding ortho intramolecular Hbond substituents is 1. The fraction of sp³-hybridized carbons (Fsp3) is 0.548. The number of fused-ring (bicyclic) bond motifs is 1. The topological polar surface area (TPSA) is 272 Å². The van der Waals surface area contributed by atoms with Crippen molar-refractivity contribution in [2.45, 2.75) is 74.1 Å². The van der Waals surface area contributed by atoms with Crippen LogP contribution in [0.4, 0.5) is 0 Å². The molecule has 2 fully saturated rings. The summed E-state index contributed by atoms with van der Waals surface area (Å²) in [4.78, 5) is 23.9. The number of benzene rings is 1. The quantitative estimate of drug-likeness (QED) is 0.0662. The molecule has 0 spiro atoms. The van der Waals surface area contributed by atoms with Gasteiger partial charge in [-0.1, -0.05) is 18.2 Å². The van der Waals surface area contributed by atoms with E-state index in [1.165, 1.54) is 18.2 Å². The van der Waals surface area contributed by atoms with Crippen molar-refractivity contribution in [3.05, 3.63) is 59.4 Å². The van der Waals surface area contributed by atoms with Gasteiger partial charge >= 0.3 is 11.9 Å². The highest BCUT2D eigenvalue weighted by atomic mass is 16.8. The molecule has 48 heavy (non-hydrogen) atoms. The van der Waals surface area contributed by atoms with Gasteiger partial charge in [0.15, 0.2) is 12.6 Å². The van der Waals surface area contributed by atoms with Crippen LogP contribution in [-0.4, -0.2) is 145 Å². The summed E-state index contributed by atoms with van der Waals surface area (Å²) in [5.74, 6) is -3.35. The average Bonchev–Trinajstić information content (AvgIpc) is 3.51. The molecule has 17 nitrogen and oxygen atoms in total. The number of hydrogen-bond donors (Lipinski definition) is 9. The Morgan fingerprint density at radius 3 is 2.10 bits per heavy atom. The van der Waals surface area contributed by atoms with Crippen molar-refractivity contribution in [1.29, 1.82) is 0 Å². The van der Waals surface area contributed by atoms with E-state index in [2.05, 4.69) is 0 Å². The van der Waals surface area contributed by atoms with Gasteiger partial charge < -0.3 is 74.4 Å². The summed E-state index contributed by atoms with van der Waals surface area (Å²) in [7, 11) is 0. The van der Waals surface area contributed by atoms with Crippen molar-refractivity contribution in [1.82, 2.24) is 0 Å². The van der Waals surface area contributed by atoms with Crippen LogP contribution in [0.2, 0.25) is 0 Å². The standard InChI is InChI=1S/C31H38O17/c32-9-14-4-7-16-17(28(41)42)10-44-29(21(14)16)48-31-27(40)25(38)23(36)19(47-31)12-45-30-26(39)24(37)22(35)18(46-30)11-43-20(34)8-3-13-1-5-15(33)6-2-13/h1-6,8,10,16,18-19,21-27,29-33,35-40H,7,9,11-12H2,(H,41,42)/b8-3+/t16-,18-,19-,21-,22-,23-,24+,25+,26-,27-,29+,30-,31+/m1/s1. The molecule has 0 aromatic heterocycles. The van der Waals surface area contributed by atoms with Crippen molar-refractivity contribution >= 4 is 18.0 Å². The Morgan fingerprint density at radius 2 is 1.46 bits per heavy atom. The minimum absolute atomic E-state index is 0.0386. The first kappa shape index (κ1) is 35.8. The van der Waals surface area contributed by atoms with Gasteiger partial charge in [0.1, 0.15) is 61.2 Å². The minimum atomic E-state index is -1.83. The zero-order valence-corrected chi connectivity index (χ0v) is 25.2. The summed E-state index contributed by atoms with van der Waals surface area (Å²) in [6.45, 7) is -1.58. The second-order valence-electron chi connectivity index (χ2n) is 11.7. The highest BCUT2D eigenvalue weighted by Crippen LogP contribution is 2.44. The van der Waals surface area contributed by atoms with E-state index in [9.17, 15) is 55.5 Å². The third-order valence-corrected chi connectivity index (χ3v) is 8.67. The summed E-state index contributed by atoms with van der Waals surface area (Å²) in [5.41, 5.74) is 0.997. The largest absolute Gasteiger partial charge is 0.508 e. The number of carbonyl (C=O) groups is 2. The summed E-state index contributed by atoms with van der Waals surface area (Å²) in [6, 6.07) is 5.96. The van der Waals surface area contributed by atoms with Crippen LogP contribution in [0.1, 0.15) is 12.0 Å². The number of allylic oxidation sites excluding steroid dienone is 1. The second-order valence-corrected chi connectivity index (χ2v) is 11.7. The van der Waals surface area contributed by atoms with E-state index in [4.69, 9.17) is 28.4 Å². The van der Waals surface area contributed by atoms with Gasteiger partial charge in [-0.2, -0.15) is 0 Å². The van der Waals surface area contributed by atoms with Crippen molar-refractivity contribution in [3.63, 3.8) is 0 Å². The number of aliphatic hydroxyl groups is 7.